The minimum absolute atomic E-state index is 0.0382. The highest BCUT2D eigenvalue weighted by Crippen LogP contribution is 2.38. The van der Waals surface area contributed by atoms with E-state index in [1.54, 1.807) is 24.3 Å². The number of carbonyl (C=O) groups excluding carboxylic acids is 3. The molecule has 1 spiro atoms. The lowest BCUT2D eigenvalue weighted by Crippen LogP contribution is -2.54. The molecule has 2 aliphatic rings. The van der Waals surface area contributed by atoms with Gasteiger partial charge in [-0.2, -0.15) is 5.26 Å². The summed E-state index contributed by atoms with van der Waals surface area (Å²) in [5.41, 5.74) is 0.117. The normalized spacial score (nSPS) is 25.1. The van der Waals surface area contributed by atoms with E-state index in [1.165, 1.54) is 0 Å². The zero-order valence-electron chi connectivity index (χ0n) is 14.7. The Morgan fingerprint density at radius 3 is 2.88 bits per heavy atom. The quantitative estimate of drug-likeness (QED) is 0.659. The van der Waals surface area contributed by atoms with Crippen molar-refractivity contribution >= 4 is 17.9 Å². The van der Waals surface area contributed by atoms with Crippen LogP contribution in [0.5, 0.6) is 0 Å². The van der Waals surface area contributed by atoms with Gasteiger partial charge < -0.3 is 10.1 Å². The number of benzene rings is 1. The molecule has 3 amide bonds. The molecule has 1 aromatic rings. The van der Waals surface area contributed by atoms with Crippen molar-refractivity contribution in [3.8, 4) is 6.07 Å². The molecular weight excluding hydrogens is 334 g/mol. The van der Waals surface area contributed by atoms with Gasteiger partial charge in [-0.1, -0.05) is 38.0 Å². The van der Waals surface area contributed by atoms with Gasteiger partial charge in [0.2, 0.25) is 0 Å². The molecule has 1 saturated carbocycles. The lowest BCUT2D eigenvalue weighted by Gasteiger charge is -2.36. The van der Waals surface area contributed by atoms with Crippen LogP contribution in [0.25, 0.3) is 0 Å². The molecule has 0 aromatic heterocycles. The van der Waals surface area contributed by atoms with Crippen LogP contribution in [0.15, 0.2) is 24.3 Å². The Balaban J connectivity index is 1.63. The van der Waals surface area contributed by atoms with E-state index in [4.69, 9.17) is 10.00 Å². The van der Waals surface area contributed by atoms with Gasteiger partial charge in [0.1, 0.15) is 18.7 Å². The van der Waals surface area contributed by atoms with Gasteiger partial charge in [-0.15, -0.1) is 0 Å². The number of nitriles is 1. The van der Waals surface area contributed by atoms with E-state index in [0.717, 1.165) is 24.2 Å². The number of amides is 3. The lowest BCUT2D eigenvalue weighted by molar-refractivity contribution is -0.149. The Hall–Kier alpha value is -2.88. The van der Waals surface area contributed by atoms with E-state index < -0.39 is 24.1 Å². The smallest absolute Gasteiger partial charge is 0.326 e. The Bertz CT molecular complexity index is 785. The fourth-order valence-corrected chi connectivity index (χ4v) is 3.73. The number of rotatable bonds is 4. The summed E-state index contributed by atoms with van der Waals surface area (Å²) in [6.45, 7) is 1.46. The van der Waals surface area contributed by atoms with Gasteiger partial charge in [-0.3, -0.25) is 14.5 Å². The van der Waals surface area contributed by atoms with Crippen LogP contribution in [0.4, 0.5) is 4.79 Å². The molecule has 136 valence electrons. The van der Waals surface area contributed by atoms with E-state index >= 15 is 0 Å². The van der Waals surface area contributed by atoms with Gasteiger partial charge in [0.15, 0.2) is 0 Å². The second-order valence-corrected chi connectivity index (χ2v) is 6.87. The van der Waals surface area contributed by atoms with Crippen molar-refractivity contribution in [1.29, 1.82) is 5.26 Å². The molecule has 1 N–H and O–H groups in total. The van der Waals surface area contributed by atoms with Gasteiger partial charge in [-0.05, 0) is 24.8 Å². The monoisotopic (exact) mass is 355 g/mol. The number of nitrogens with zero attached hydrogens (tertiary/aromatic N) is 2. The predicted octanol–water partition coefficient (Wildman–Crippen LogP) is 2.10. The van der Waals surface area contributed by atoms with Crippen LogP contribution in [0, 0.1) is 17.2 Å². The van der Waals surface area contributed by atoms with E-state index in [1.807, 2.05) is 13.0 Å². The van der Waals surface area contributed by atoms with Crippen molar-refractivity contribution in [1.82, 2.24) is 10.2 Å². The maximum Gasteiger partial charge on any atom is 0.326 e. The zero-order valence-corrected chi connectivity index (χ0v) is 14.7. The molecule has 1 saturated heterocycles. The number of hydrogen-bond acceptors (Lipinski definition) is 5. The van der Waals surface area contributed by atoms with Gasteiger partial charge in [0.05, 0.1) is 11.6 Å². The summed E-state index contributed by atoms with van der Waals surface area (Å²) in [4.78, 5) is 38.1. The fraction of sp³-hybridized carbons (Fsp3) is 0.474. The van der Waals surface area contributed by atoms with E-state index in [0.29, 0.717) is 17.5 Å². The van der Waals surface area contributed by atoms with Gasteiger partial charge >= 0.3 is 12.0 Å². The first-order valence-corrected chi connectivity index (χ1v) is 8.75. The molecule has 0 bridgehead atoms. The van der Waals surface area contributed by atoms with E-state index in [-0.39, 0.29) is 18.4 Å². The lowest BCUT2D eigenvalue weighted by atomic mass is 9.73. The summed E-state index contributed by atoms with van der Waals surface area (Å²) >= 11 is 0. The summed E-state index contributed by atoms with van der Waals surface area (Å²) in [5.74, 6) is -0.984. The van der Waals surface area contributed by atoms with Crippen molar-refractivity contribution in [3.05, 3.63) is 35.4 Å². The Kier molecular flexibility index (Phi) is 4.94. The van der Waals surface area contributed by atoms with Crippen molar-refractivity contribution in [3.63, 3.8) is 0 Å². The minimum atomic E-state index is -0.886. The molecule has 1 aromatic carbocycles. The molecular formula is C19H21N3O4. The minimum Gasteiger partial charge on any atom is -0.459 e. The third-order valence-corrected chi connectivity index (χ3v) is 5.32. The van der Waals surface area contributed by atoms with Crippen molar-refractivity contribution in [2.45, 2.75) is 44.8 Å². The van der Waals surface area contributed by atoms with Crippen LogP contribution in [0.2, 0.25) is 0 Å². The van der Waals surface area contributed by atoms with Crippen LogP contribution in [-0.2, 0) is 20.9 Å². The molecule has 1 aliphatic heterocycles. The Morgan fingerprint density at radius 2 is 2.15 bits per heavy atom. The highest BCUT2D eigenvalue weighted by molar-refractivity contribution is 6.08. The number of ether oxygens (including phenoxy) is 1. The third-order valence-electron chi connectivity index (χ3n) is 5.32. The van der Waals surface area contributed by atoms with Crippen molar-refractivity contribution in [2.24, 2.45) is 5.92 Å². The van der Waals surface area contributed by atoms with Gasteiger partial charge in [-0.25, -0.2) is 4.79 Å². The average Bonchev–Trinajstić information content (AvgIpc) is 2.87. The van der Waals surface area contributed by atoms with Crippen LogP contribution < -0.4 is 5.32 Å². The third kappa shape index (κ3) is 3.15. The highest BCUT2D eigenvalue weighted by atomic mass is 16.5. The van der Waals surface area contributed by atoms with Crippen molar-refractivity contribution in [2.75, 3.05) is 6.54 Å². The molecule has 7 heteroatoms. The maximum absolute atomic E-state index is 12.8. The first-order valence-electron chi connectivity index (χ1n) is 8.75. The van der Waals surface area contributed by atoms with Crippen LogP contribution in [0.3, 0.4) is 0 Å². The van der Waals surface area contributed by atoms with Gasteiger partial charge in [0, 0.05) is 5.56 Å². The number of nitrogens with one attached hydrogen (secondary N) is 1. The first-order chi connectivity index (χ1) is 12.5. The molecule has 26 heavy (non-hydrogen) atoms. The summed E-state index contributed by atoms with van der Waals surface area (Å²) in [5, 5.41) is 11.9. The number of imide groups is 1. The average molecular weight is 355 g/mol. The number of hydrogen-bond donors (Lipinski definition) is 1. The number of urea groups is 1. The largest absolute Gasteiger partial charge is 0.459 e. The fourth-order valence-electron chi connectivity index (χ4n) is 3.73. The summed E-state index contributed by atoms with van der Waals surface area (Å²) in [7, 11) is 0. The first kappa shape index (κ1) is 17.9. The summed E-state index contributed by atoms with van der Waals surface area (Å²) < 4.78 is 5.17. The number of carbonyl (C=O) groups is 3. The molecule has 1 aliphatic carbocycles. The van der Waals surface area contributed by atoms with Crippen LogP contribution >= 0.6 is 0 Å². The van der Waals surface area contributed by atoms with Crippen molar-refractivity contribution < 1.29 is 19.1 Å². The van der Waals surface area contributed by atoms with Crippen LogP contribution in [0.1, 0.15) is 43.7 Å². The zero-order chi connectivity index (χ0) is 18.7. The topological polar surface area (TPSA) is 99.5 Å². The maximum atomic E-state index is 12.8. The number of esters is 1. The molecule has 0 radical (unpaired) electrons. The second kappa shape index (κ2) is 7.16. The molecule has 2 atom stereocenters. The Labute approximate surface area is 151 Å². The molecule has 7 nitrogen and oxygen atoms in total. The predicted molar refractivity (Wildman–Crippen MR) is 91.6 cm³/mol. The molecule has 2 fully saturated rings. The standard InChI is InChI=1S/C19H21N3O4/c1-13-6-4-5-9-19(13)17(24)22(18(25)21-19)11-16(23)26-12-15-8-3-2-7-14(15)10-20/h2-3,7-8,13H,4-6,9,11-12H2,1H3,(H,21,25)/t13-,19+/m1/s1. The van der Waals surface area contributed by atoms with Gasteiger partial charge in [0.25, 0.3) is 5.91 Å². The van der Waals surface area contributed by atoms with Crippen LogP contribution in [-0.4, -0.2) is 34.9 Å². The SMILES string of the molecule is C[C@@H]1CCCC[C@]12NC(=O)N(CC(=O)OCc1ccccc1C#N)C2=O. The molecule has 1 heterocycles. The summed E-state index contributed by atoms with van der Waals surface area (Å²) in [6.07, 6.45) is 3.38. The highest BCUT2D eigenvalue weighted by Gasteiger charge is 2.55. The molecule has 0 unspecified atom stereocenters. The molecule has 3 rings (SSSR count). The van der Waals surface area contributed by atoms with E-state index in [9.17, 15) is 14.4 Å². The summed E-state index contributed by atoms with van der Waals surface area (Å²) in [6, 6.07) is 8.28. The second-order valence-electron chi connectivity index (χ2n) is 6.87. The van der Waals surface area contributed by atoms with E-state index in [2.05, 4.69) is 5.32 Å². The Morgan fingerprint density at radius 1 is 1.38 bits per heavy atom.